The van der Waals surface area contributed by atoms with Crippen molar-refractivity contribution in [1.29, 1.82) is 0 Å². The molecule has 6 heteroatoms. The van der Waals surface area contributed by atoms with Crippen molar-refractivity contribution in [1.82, 2.24) is 9.29 Å². The maximum Gasteiger partial charge on any atom is 0.236 e. The Morgan fingerprint density at radius 3 is 2.39 bits per heavy atom. The van der Waals surface area contributed by atoms with Gasteiger partial charge in [-0.1, -0.05) is 23.7 Å². The SMILES string of the molecule is O=S(=O)(C=Cc1ccc(Cl)cc1)N(Cc1ccncc1)C1CC1. The van der Waals surface area contributed by atoms with Crippen molar-refractivity contribution in [3.63, 3.8) is 0 Å². The topological polar surface area (TPSA) is 50.3 Å². The molecule has 0 N–H and O–H groups in total. The fourth-order valence-corrected chi connectivity index (χ4v) is 3.84. The van der Waals surface area contributed by atoms with Gasteiger partial charge in [-0.15, -0.1) is 0 Å². The summed E-state index contributed by atoms with van der Waals surface area (Å²) in [7, 11) is -3.47. The summed E-state index contributed by atoms with van der Waals surface area (Å²) in [5, 5.41) is 1.90. The molecule has 4 nitrogen and oxygen atoms in total. The maximum atomic E-state index is 12.7. The molecule has 1 aliphatic carbocycles. The smallest absolute Gasteiger partial charge is 0.236 e. The van der Waals surface area contributed by atoms with Crippen LogP contribution in [0.3, 0.4) is 0 Å². The molecule has 0 aliphatic heterocycles. The Morgan fingerprint density at radius 1 is 1.13 bits per heavy atom. The Morgan fingerprint density at radius 2 is 1.78 bits per heavy atom. The number of sulfonamides is 1. The summed E-state index contributed by atoms with van der Waals surface area (Å²) in [6.07, 6.45) is 6.79. The lowest BCUT2D eigenvalue weighted by Crippen LogP contribution is -2.31. The predicted molar refractivity (Wildman–Crippen MR) is 92.2 cm³/mol. The molecule has 1 heterocycles. The third-order valence-corrected chi connectivity index (χ3v) is 5.48. The molecule has 1 aliphatic rings. The lowest BCUT2D eigenvalue weighted by atomic mass is 10.2. The molecule has 120 valence electrons. The van der Waals surface area contributed by atoms with E-state index in [2.05, 4.69) is 4.98 Å². The van der Waals surface area contributed by atoms with Crippen LogP contribution < -0.4 is 0 Å². The van der Waals surface area contributed by atoms with E-state index >= 15 is 0 Å². The number of hydrogen-bond donors (Lipinski definition) is 0. The predicted octanol–water partition coefficient (Wildman–Crippen LogP) is 3.70. The van der Waals surface area contributed by atoms with E-state index in [1.165, 1.54) is 5.41 Å². The third kappa shape index (κ3) is 4.41. The molecular weight excluding hydrogens is 332 g/mol. The molecular formula is C17H17ClN2O2S. The van der Waals surface area contributed by atoms with E-state index in [0.29, 0.717) is 11.6 Å². The second-order valence-corrected chi connectivity index (χ2v) is 7.74. The van der Waals surface area contributed by atoms with Crippen LogP contribution in [0.1, 0.15) is 24.0 Å². The number of hydrogen-bond acceptors (Lipinski definition) is 3. The first-order chi connectivity index (χ1) is 11.0. The number of halogens is 1. The second-order valence-electron chi connectivity index (χ2n) is 5.53. The van der Waals surface area contributed by atoms with Crippen molar-refractivity contribution in [2.75, 3.05) is 0 Å². The van der Waals surface area contributed by atoms with Crippen LogP contribution in [0.15, 0.2) is 54.2 Å². The molecule has 1 aromatic carbocycles. The van der Waals surface area contributed by atoms with E-state index < -0.39 is 10.0 Å². The fourth-order valence-electron chi connectivity index (χ4n) is 2.27. The van der Waals surface area contributed by atoms with Crippen molar-refractivity contribution < 1.29 is 8.42 Å². The van der Waals surface area contributed by atoms with Crippen molar-refractivity contribution in [2.45, 2.75) is 25.4 Å². The molecule has 1 fully saturated rings. The summed E-state index contributed by atoms with van der Waals surface area (Å²) < 4.78 is 26.9. The minimum Gasteiger partial charge on any atom is -0.265 e. The van der Waals surface area contributed by atoms with Gasteiger partial charge in [-0.2, -0.15) is 4.31 Å². The van der Waals surface area contributed by atoms with E-state index in [1.807, 2.05) is 12.1 Å². The lowest BCUT2D eigenvalue weighted by molar-refractivity contribution is 0.405. The van der Waals surface area contributed by atoms with Gasteiger partial charge in [0, 0.05) is 35.4 Å². The highest BCUT2D eigenvalue weighted by molar-refractivity contribution is 7.92. The highest BCUT2D eigenvalue weighted by atomic mass is 35.5. The molecule has 0 unspecified atom stereocenters. The minimum absolute atomic E-state index is 0.100. The average molecular weight is 349 g/mol. The van der Waals surface area contributed by atoms with E-state index in [0.717, 1.165) is 24.0 Å². The molecule has 2 aromatic rings. The first-order valence-electron chi connectivity index (χ1n) is 7.39. The van der Waals surface area contributed by atoms with Crippen molar-refractivity contribution in [2.24, 2.45) is 0 Å². The van der Waals surface area contributed by atoms with Gasteiger partial charge < -0.3 is 0 Å². The van der Waals surface area contributed by atoms with E-state index in [9.17, 15) is 8.42 Å². The monoisotopic (exact) mass is 348 g/mol. The normalized spacial score (nSPS) is 15.4. The maximum absolute atomic E-state index is 12.7. The van der Waals surface area contributed by atoms with E-state index in [4.69, 9.17) is 11.6 Å². The average Bonchev–Trinajstić information content (AvgIpc) is 3.38. The van der Waals surface area contributed by atoms with Gasteiger partial charge in [0.2, 0.25) is 10.0 Å². The van der Waals surface area contributed by atoms with Crippen LogP contribution in [0.25, 0.3) is 6.08 Å². The fraction of sp³-hybridized carbons (Fsp3) is 0.235. The van der Waals surface area contributed by atoms with Gasteiger partial charge in [0.15, 0.2) is 0 Å². The largest absolute Gasteiger partial charge is 0.265 e. The van der Waals surface area contributed by atoms with Crippen molar-refractivity contribution >= 4 is 27.7 Å². The molecule has 0 radical (unpaired) electrons. The van der Waals surface area contributed by atoms with E-state index in [-0.39, 0.29) is 6.04 Å². The van der Waals surface area contributed by atoms with Crippen molar-refractivity contribution in [3.8, 4) is 0 Å². The third-order valence-electron chi connectivity index (χ3n) is 3.67. The van der Waals surface area contributed by atoms with Crippen LogP contribution in [0.4, 0.5) is 0 Å². The van der Waals surface area contributed by atoms with Gasteiger partial charge in [-0.05, 0) is 54.3 Å². The molecule has 0 atom stereocenters. The quantitative estimate of drug-likeness (QED) is 0.799. The van der Waals surface area contributed by atoms with Crippen LogP contribution in [0.2, 0.25) is 5.02 Å². The summed E-state index contributed by atoms with van der Waals surface area (Å²) in [4.78, 5) is 3.97. The molecule has 0 amide bonds. The number of rotatable bonds is 6. The molecule has 1 aromatic heterocycles. The molecule has 23 heavy (non-hydrogen) atoms. The van der Waals surface area contributed by atoms with Crippen LogP contribution in [-0.4, -0.2) is 23.7 Å². The number of pyridine rings is 1. The molecule has 1 saturated carbocycles. The van der Waals surface area contributed by atoms with Crippen LogP contribution in [-0.2, 0) is 16.6 Å². The van der Waals surface area contributed by atoms with Gasteiger partial charge in [0.1, 0.15) is 0 Å². The summed E-state index contributed by atoms with van der Waals surface area (Å²) in [5.41, 5.74) is 1.74. The molecule has 0 saturated heterocycles. The van der Waals surface area contributed by atoms with Crippen LogP contribution in [0.5, 0.6) is 0 Å². The Labute approximate surface area is 141 Å². The van der Waals surface area contributed by atoms with Gasteiger partial charge in [0.25, 0.3) is 0 Å². The Balaban J connectivity index is 1.79. The second kappa shape index (κ2) is 6.83. The lowest BCUT2D eigenvalue weighted by Gasteiger charge is -2.19. The zero-order valence-corrected chi connectivity index (χ0v) is 14.0. The van der Waals surface area contributed by atoms with Gasteiger partial charge >= 0.3 is 0 Å². The minimum atomic E-state index is -3.47. The van der Waals surface area contributed by atoms with Gasteiger partial charge in [-0.25, -0.2) is 8.42 Å². The first kappa shape index (κ1) is 16.2. The number of benzene rings is 1. The van der Waals surface area contributed by atoms with E-state index in [1.54, 1.807) is 47.0 Å². The Bertz CT molecular complexity index is 785. The summed E-state index contributed by atoms with van der Waals surface area (Å²) in [6, 6.07) is 10.8. The number of nitrogens with zero attached hydrogens (tertiary/aromatic N) is 2. The summed E-state index contributed by atoms with van der Waals surface area (Å²) in [5.74, 6) is 0. The van der Waals surface area contributed by atoms with Crippen LogP contribution in [0, 0.1) is 0 Å². The zero-order chi connectivity index (χ0) is 16.3. The molecule has 0 bridgehead atoms. The molecule has 3 rings (SSSR count). The van der Waals surface area contributed by atoms with Crippen molar-refractivity contribution in [3.05, 3.63) is 70.3 Å². The first-order valence-corrected chi connectivity index (χ1v) is 9.27. The summed E-state index contributed by atoms with van der Waals surface area (Å²) >= 11 is 5.84. The van der Waals surface area contributed by atoms with Crippen LogP contribution >= 0.6 is 11.6 Å². The Kier molecular flexibility index (Phi) is 4.80. The summed E-state index contributed by atoms with van der Waals surface area (Å²) in [6.45, 7) is 0.375. The Hall–Kier alpha value is -1.69. The standard InChI is InChI=1S/C17H17ClN2O2S/c18-16-3-1-14(2-4-16)9-12-23(21,22)20(17-5-6-17)13-15-7-10-19-11-8-15/h1-4,7-12,17H,5-6,13H2. The zero-order valence-electron chi connectivity index (χ0n) is 12.5. The highest BCUT2D eigenvalue weighted by Crippen LogP contribution is 2.31. The highest BCUT2D eigenvalue weighted by Gasteiger charge is 2.35. The van der Waals surface area contributed by atoms with Gasteiger partial charge in [-0.3, -0.25) is 4.98 Å². The molecule has 0 spiro atoms. The number of aromatic nitrogens is 1. The van der Waals surface area contributed by atoms with Gasteiger partial charge in [0.05, 0.1) is 0 Å².